The lowest BCUT2D eigenvalue weighted by Crippen LogP contribution is -2.34. The van der Waals surface area contributed by atoms with Crippen LogP contribution in [0.3, 0.4) is 0 Å². The fraction of sp³-hybridized carbons (Fsp3) is 0.300. The molecular weight excluding hydrogens is 330 g/mol. The number of likely N-dealkylation sites (tertiary alicyclic amines) is 1. The molecule has 1 N–H and O–H groups in total. The van der Waals surface area contributed by atoms with Gasteiger partial charge in [-0.2, -0.15) is 0 Å². The van der Waals surface area contributed by atoms with Gasteiger partial charge in [0, 0.05) is 18.4 Å². The summed E-state index contributed by atoms with van der Waals surface area (Å²) < 4.78 is 0. The van der Waals surface area contributed by atoms with E-state index in [0.717, 1.165) is 10.9 Å². The number of allylic oxidation sites excluding steroid dienone is 2. The Bertz CT molecular complexity index is 895. The van der Waals surface area contributed by atoms with Crippen molar-refractivity contribution >= 4 is 34.3 Å². The topological polar surface area (TPSA) is 79.4 Å². The van der Waals surface area contributed by atoms with Crippen LogP contribution >= 0.6 is 0 Å². The second-order valence-electron chi connectivity index (χ2n) is 6.70. The van der Waals surface area contributed by atoms with Crippen molar-refractivity contribution in [1.82, 2.24) is 9.88 Å². The summed E-state index contributed by atoms with van der Waals surface area (Å²) in [7, 11) is 0. The van der Waals surface area contributed by atoms with Gasteiger partial charge in [0.1, 0.15) is 0 Å². The largest absolute Gasteiger partial charge is 0.325 e. The predicted molar refractivity (Wildman–Crippen MR) is 97.1 cm³/mol. The molecule has 2 aromatic rings. The Balaban J connectivity index is 1.37. The van der Waals surface area contributed by atoms with Gasteiger partial charge in [-0.1, -0.05) is 30.4 Å². The quantitative estimate of drug-likeness (QED) is 0.679. The summed E-state index contributed by atoms with van der Waals surface area (Å²) in [5.74, 6) is -1.04. The van der Waals surface area contributed by atoms with E-state index in [1.54, 1.807) is 6.20 Å². The van der Waals surface area contributed by atoms with Crippen molar-refractivity contribution in [3.05, 3.63) is 48.7 Å². The molecule has 0 saturated carbocycles. The van der Waals surface area contributed by atoms with Crippen LogP contribution in [0.1, 0.15) is 19.3 Å². The Morgan fingerprint density at radius 1 is 1.12 bits per heavy atom. The number of hydrogen-bond acceptors (Lipinski definition) is 4. The predicted octanol–water partition coefficient (Wildman–Crippen LogP) is 2.51. The molecule has 0 bridgehead atoms. The lowest BCUT2D eigenvalue weighted by Gasteiger charge is -2.14. The number of hydrogen-bond donors (Lipinski definition) is 1. The van der Waals surface area contributed by atoms with E-state index in [1.807, 2.05) is 42.5 Å². The molecule has 3 amide bonds. The average molecular weight is 349 g/mol. The average Bonchev–Trinajstić information content (AvgIpc) is 2.91. The molecule has 4 rings (SSSR count). The van der Waals surface area contributed by atoms with E-state index in [2.05, 4.69) is 10.3 Å². The van der Waals surface area contributed by atoms with Gasteiger partial charge in [0.15, 0.2) is 0 Å². The second kappa shape index (κ2) is 6.71. The molecule has 132 valence electrons. The number of carbonyl (C=O) groups excluding carboxylic acids is 3. The third-order valence-corrected chi connectivity index (χ3v) is 5.04. The number of amides is 3. The number of nitrogens with zero attached hydrogens (tertiary/aromatic N) is 2. The molecular formula is C20H19N3O3. The van der Waals surface area contributed by atoms with Gasteiger partial charge in [-0.25, -0.2) is 0 Å². The Hall–Kier alpha value is -3.02. The van der Waals surface area contributed by atoms with Crippen molar-refractivity contribution in [3.8, 4) is 0 Å². The molecule has 0 radical (unpaired) electrons. The Labute approximate surface area is 150 Å². The molecule has 6 heteroatoms. The number of aromatic nitrogens is 1. The zero-order chi connectivity index (χ0) is 18.1. The van der Waals surface area contributed by atoms with Crippen LogP contribution in [0.4, 0.5) is 5.69 Å². The molecule has 1 aromatic heterocycles. The number of imide groups is 1. The van der Waals surface area contributed by atoms with Crippen LogP contribution in [0.2, 0.25) is 0 Å². The third-order valence-electron chi connectivity index (χ3n) is 5.04. The smallest absolute Gasteiger partial charge is 0.233 e. The van der Waals surface area contributed by atoms with Gasteiger partial charge in [-0.15, -0.1) is 0 Å². The van der Waals surface area contributed by atoms with Crippen molar-refractivity contribution in [2.75, 3.05) is 11.9 Å². The van der Waals surface area contributed by atoms with Crippen LogP contribution in [-0.2, 0) is 14.4 Å². The maximum absolute atomic E-state index is 12.4. The van der Waals surface area contributed by atoms with E-state index in [1.165, 1.54) is 4.90 Å². The van der Waals surface area contributed by atoms with Gasteiger partial charge in [0.25, 0.3) is 0 Å². The third kappa shape index (κ3) is 2.98. The van der Waals surface area contributed by atoms with Crippen molar-refractivity contribution in [3.63, 3.8) is 0 Å². The summed E-state index contributed by atoms with van der Waals surface area (Å²) in [6.45, 7) is 0.123. The highest BCUT2D eigenvalue weighted by Gasteiger charge is 2.46. The SMILES string of the molecule is O=C(CCN1C(=O)[C@@H]2CC=CC[C@H]2C1=O)Nc1cnc2ccccc2c1. The molecule has 2 heterocycles. The lowest BCUT2D eigenvalue weighted by molar-refractivity contribution is -0.140. The van der Waals surface area contributed by atoms with Gasteiger partial charge in [0.2, 0.25) is 17.7 Å². The summed E-state index contributed by atoms with van der Waals surface area (Å²) in [4.78, 5) is 42.6. The van der Waals surface area contributed by atoms with Gasteiger partial charge in [-0.05, 0) is 25.0 Å². The minimum atomic E-state index is -0.250. The monoisotopic (exact) mass is 349 g/mol. The van der Waals surface area contributed by atoms with Gasteiger partial charge >= 0.3 is 0 Å². The number of benzene rings is 1. The van der Waals surface area contributed by atoms with Crippen LogP contribution in [0.5, 0.6) is 0 Å². The first-order chi connectivity index (χ1) is 12.6. The van der Waals surface area contributed by atoms with E-state index in [-0.39, 0.29) is 42.5 Å². The molecule has 2 atom stereocenters. The molecule has 2 aliphatic rings. The lowest BCUT2D eigenvalue weighted by atomic mass is 9.85. The molecule has 0 spiro atoms. The van der Waals surface area contributed by atoms with Crippen molar-refractivity contribution in [1.29, 1.82) is 0 Å². The normalized spacial score (nSPS) is 21.9. The van der Waals surface area contributed by atoms with E-state index < -0.39 is 0 Å². The van der Waals surface area contributed by atoms with Crippen molar-refractivity contribution < 1.29 is 14.4 Å². The van der Waals surface area contributed by atoms with Crippen LogP contribution in [-0.4, -0.2) is 34.2 Å². The molecule has 1 aliphatic heterocycles. The number of nitrogens with one attached hydrogen (secondary N) is 1. The number of pyridine rings is 1. The van der Waals surface area contributed by atoms with E-state index in [0.29, 0.717) is 18.5 Å². The first-order valence-electron chi connectivity index (χ1n) is 8.78. The molecule has 1 saturated heterocycles. The molecule has 1 fully saturated rings. The van der Waals surface area contributed by atoms with Crippen LogP contribution < -0.4 is 5.32 Å². The second-order valence-corrected chi connectivity index (χ2v) is 6.70. The highest BCUT2D eigenvalue weighted by molar-refractivity contribution is 6.06. The Kier molecular flexibility index (Phi) is 4.24. The van der Waals surface area contributed by atoms with Gasteiger partial charge in [-0.3, -0.25) is 24.3 Å². The Morgan fingerprint density at radius 2 is 1.81 bits per heavy atom. The minimum absolute atomic E-state index is 0.0805. The van der Waals surface area contributed by atoms with Crippen LogP contribution in [0.15, 0.2) is 48.7 Å². The van der Waals surface area contributed by atoms with Crippen LogP contribution in [0.25, 0.3) is 10.9 Å². The van der Waals surface area contributed by atoms with E-state index in [4.69, 9.17) is 0 Å². The summed E-state index contributed by atoms with van der Waals surface area (Å²) in [6.07, 6.45) is 6.82. The maximum Gasteiger partial charge on any atom is 0.233 e. The summed E-state index contributed by atoms with van der Waals surface area (Å²) in [6, 6.07) is 9.50. The first kappa shape index (κ1) is 16.4. The molecule has 1 aromatic carbocycles. The zero-order valence-corrected chi connectivity index (χ0v) is 14.2. The molecule has 1 aliphatic carbocycles. The number of fused-ring (bicyclic) bond motifs is 2. The van der Waals surface area contributed by atoms with Gasteiger partial charge < -0.3 is 5.32 Å². The molecule has 26 heavy (non-hydrogen) atoms. The summed E-state index contributed by atoms with van der Waals surface area (Å²) >= 11 is 0. The number of anilines is 1. The molecule has 0 unspecified atom stereocenters. The Morgan fingerprint density at radius 3 is 2.54 bits per heavy atom. The number of para-hydroxylation sites is 1. The van der Waals surface area contributed by atoms with Gasteiger partial charge in [0.05, 0.1) is 29.2 Å². The zero-order valence-electron chi connectivity index (χ0n) is 14.2. The number of carbonyl (C=O) groups is 3. The maximum atomic E-state index is 12.4. The standard InChI is InChI=1S/C20H19N3O3/c24-18(22-14-11-13-5-1-4-8-17(13)21-12-14)9-10-23-19(25)15-6-2-3-7-16(15)20(23)26/h1-5,8,11-12,15-16H,6-7,9-10H2,(H,22,24)/t15-,16-/m1/s1. The fourth-order valence-corrected chi connectivity index (χ4v) is 3.67. The van der Waals surface area contributed by atoms with E-state index in [9.17, 15) is 14.4 Å². The molecule has 6 nitrogen and oxygen atoms in total. The fourth-order valence-electron chi connectivity index (χ4n) is 3.67. The minimum Gasteiger partial charge on any atom is -0.325 e. The highest BCUT2D eigenvalue weighted by Crippen LogP contribution is 2.35. The summed E-state index contributed by atoms with van der Waals surface area (Å²) in [5, 5.41) is 3.72. The van der Waals surface area contributed by atoms with Crippen molar-refractivity contribution in [2.24, 2.45) is 11.8 Å². The highest BCUT2D eigenvalue weighted by atomic mass is 16.2. The number of rotatable bonds is 4. The van der Waals surface area contributed by atoms with E-state index >= 15 is 0 Å². The van der Waals surface area contributed by atoms with Crippen molar-refractivity contribution in [2.45, 2.75) is 19.3 Å². The van der Waals surface area contributed by atoms with Crippen LogP contribution in [0, 0.1) is 11.8 Å². The summed E-state index contributed by atoms with van der Waals surface area (Å²) in [5.41, 5.74) is 1.46. The first-order valence-corrected chi connectivity index (χ1v) is 8.78.